The first-order valence-corrected chi connectivity index (χ1v) is 3.62. The van der Waals surface area contributed by atoms with Crippen LogP contribution in [0, 0.1) is 10.1 Å². The molecule has 1 rings (SSSR count). The highest BCUT2D eigenvalue weighted by molar-refractivity contribution is 7.75. The maximum absolute atomic E-state index is 10.9. The average Bonchev–Trinajstić information content (AvgIpc) is 2.16. The van der Waals surface area contributed by atoms with E-state index < -0.39 is 10.9 Å². The second kappa shape index (κ2) is 3.90. The second-order valence-electron chi connectivity index (χ2n) is 2.15. The number of hydrogen-bond acceptors (Lipinski definition) is 5. The molecule has 5 nitrogen and oxygen atoms in total. The van der Waals surface area contributed by atoms with Crippen molar-refractivity contribution in [3.63, 3.8) is 0 Å². The van der Waals surface area contributed by atoms with Crippen molar-refractivity contribution in [3.05, 3.63) is 39.9 Å². The van der Waals surface area contributed by atoms with Gasteiger partial charge in [0.2, 0.25) is 0 Å². The molecule has 0 spiro atoms. The van der Waals surface area contributed by atoms with Gasteiger partial charge < -0.3 is 4.18 Å². The fourth-order valence-corrected chi connectivity index (χ4v) is 0.953. The summed E-state index contributed by atoms with van der Waals surface area (Å²) in [5.41, 5.74) is -0.399. The molecule has 0 bridgehead atoms. The molecule has 6 heteroatoms. The first-order chi connectivity index (χ1) is 6.16. The van der Waals surface area contributed by atoms with Crippen molar-refractivity contribution < 1.29 is 13.9 Å². The summed E-state index contributed by atoms with van der Waals surface area (Å²) in [6.45, 7) is 0. The fraction of sp³-hybridized carbons (Fsp3) is 0. The molecular weight excluding hydrogens is 194 g/mol. The fourth-order valence-electron chi connectivity index (χ4n) is 0.855. The van der Waals surface area contributed by atoms with E-state index in [0.29, 0.717) is 0 Å². The first-order valence-electron chi connectivity index (χ1n) is 3.26. The average molecular weight is 199 g/mol. The van der Waals surface area contributed by atoms with Crippen LogP contribution in [0.1, 0.15) is 10.4 Å². The normalized spacial score (nSPS) is 9.31. The van der Waals surface area contributed by atoms with Gasteiger partial charge >= 0.3 is 5.97 Å². The van der Waals surface area contributed by atoms with E-state index >= 15 is 0 Å². The van der Waals surface area contributed by atoms with Gasteiger partial charge in [-0.05, 0) is 6.07 Å². The molecule has 0 aliphatic rings. The van der Waals surface area contributed by atoms with Crippen molar-refractivity contribution in [2.75, 3.05) is 0 Å². The minimum Gasteiger partial charge on any atom is -0.391 e. The first kappa shape index (κ1) is 9.53. The Hall–Kier alpha value is -1.56. The van der Waals surface area contributed by atoms with E-state index in [1.807, 2.05) is 0 Å². The third-order valence-corrected chi connectivity index (χ3v) is 1.57. The van der Waals surface area contributed by atoms with Crippen LogP contribution in [-0.2, 0) is 4.18 Å². The van der Waals surface area contributed by atoms with Crippen LogP contribution in [0.5, 0.6) is 0 Å². The Labute approximate surface area is 79.1 Å². The third-order valence-electron chi connectivity index (χ3n) is 1.40. The van der Waals surface area contributed by atoms with E-state index in [1.54, 1.807) is 0 Å². The van der Waals surface area contributed by atoms with Crippen LogP contribution in [0.4, 0.5) is 5.69 Å². The number of hydrogen-bond donors (Lipinski definition) is 1. The standard InChI is InChI=1S/C7H5NO4S/c9-7(12-13)5-3-1-2-4-6(5)8(10)11/h1-4,13H. The molecule has 0 unspecified atom stereocenters. The number of nitro groups is 1. The van der Waals surface area contributed by atoms with Crippen LogP contribution >= 0.6 is 12.9 Å². The van der Waals surface area contributed by atoms with Gasteiger partial charge in [0.1, 0.15) is 5.56 Å². The van der Waals surface area contributed by atoms with Crippen LogP contribution in [0.2, 0.25) is 0 Å². The molecule has 68 valence electrons. The van der Waals surface area contributed by atoms with Gasteiger partial charge in [-0.2, -0.15) is 0 Å². The number of benzene rings is 1. The molecule has 0 aromatic heterocycles. The van der Waals surface area contributed by atoms with E-state index in [0.717, 1.165) is 0 Å². The lowest BCUT2D eigenvalue weighted by Gasteiger charge is -1.97. The van der Waals surface area contributed by atoms with Crippen molar-refractivity contribution in [3.8, 4) is 0 Å². The Kier molecular flexibility index (Phi) is 2.86. The minimum atomic E-state index is -0.837. The summed E-state index contributed by atoms with van der Waals surface area (Å²) >= 11 is 3.27. The van der Waals surface area contributed by atoms with Crippen molar-refractivity contribution in [2.45, 2.75) is 0 Å². The smallest absolute Gasteiger partial charge is 0.356 e. The van der Waals surface area contributed by atoms with Gasteiger partial charge in [0.05, 0.1) is 4.92 Å². The van der Waals surface area contributed by atoms with Crippen LogP contribution in [0.3, 0.4) is 0 Å². The Balaban J connectivity index is 3.19. The third kappa shape index (κ3) is 1.97. The lowest BCUT2D eigenvalue weighted by Crippen LogP contribution is -2.02. The zero-order valence-corrected chi connectivity index (χ0v) is 7.23. The number of para-hydroxylation sites is 1. The Morgan fingerprint density at radius 1 is 1.46 bits per heavy atom. The number of carbonyl (C=O) groups is 1. The van der Waals surface area contributed by atoms with Crippen molar-refractivity contribution in [1.29, 1.82) is 0 Å². The van der Waals surface area contributed by atoms with Crippen LogP contribution < -0.4 is 0 Å². The predicted molar refractivity (Wildman–Crippen MR) is 47.5 cm³/mol. The predicted octanol–water partition coefficient (Wildman–Crippen LogP) is 1.60. The van der Waals surface area contributed by atoms with E-state index in [4.69, 9.17) is 0 Å². The van der Waals surface area contributed by atoms with Crippen molar-refractivity contribution >= 4 is 24.6 Å². The summed E-state index contributed by atoms with van der Waals surface area (Å²) in [6.07, 6.45) is 0. The highest BCUT2D eigenvalue weighted by Crippen LogP contribution is 2.18. The molecule has 1 aromatic carbocycles. The van der Waals surface area contributed by atoms with E-state index in [1.165, 1.54) is 24.3 Å². The molecule has 0 radical (unpaired) electrons. The molecule has 0 aliphatic heterocycles. The summed E-state index contributed by atoms with van der Waals surface area (Å²) in [6, 6.07) is 5.50. The molecule has 0 atom stereocenters. The Morgan fingerprint density at radius 3 is 2.62 bits per heavy atom. The maximum Gasteiger partial charge on any atom is 0.356 e. The molecule has 0 saturated carbocycles. The molecular formula is C7H5NO4S. The highest BCUT2D eigenvalue weighted by Gasteiger charge is 2.19. The van der Waals surface area contributed by atoms with Crippen molar-refractivity contribution in [1.82, 2.24) is 0 Å². The number of nitro benzene ring substituents is 1. The van der Waals surface area contributed by atoms with E-state index in [2.05, 4.69) is 17.1 Å². The largest absolute Gasteiger partial charge is 0.391 e. The summed E-state index contributed by atoms with van der Waals surface area (Å²) in [5.74, 6) is -0.837. The summed E-state index contributed by atoms with van der Waals surface area (Å²) < 4.78 is 4.08. The lowest BCUT2D eigenvalue weighted by atomic mass is 10.2. The number of carbonyl (C=O) groups excluding carboxylic acids is 1. The number of rotatable bonds is 2. The second-order valence-corrected chi connectivity index (χ2v) is 2.34. The molecule has 0 N–H and O–H groups in total. The zero-order chi connectivity index (χ0) is 9.84. The monoisotopic (exact) mass is 199 g/mol. The van der Waals surface area contributed by atoms with Crippen LogP contribution in [0.15, 0.2) is 24.3 Å². The molecule has 0 saturated heterocycles. The van der Waals surface area contributed by atoms with Gasteiger partial charge in [-0.3, -0.25) is 10.1 Å². The van der Waals surface area contributed by atoms with Crippen LogP contribution in [-0.4, -0.2) is 10.9 Å². The maximum atomic E-state index is 10.9. The Morgan fingerprint density at radius 2 is 2.08 bits per heavy atom. The van der Waals surface area contributed by atoms with Gasteiger partial charge in [-0.1, -0.05) is 12.1 Å². The van der Waals surface area contributed by atoms with Gasteiger partial charge in [0.15, 0.2) is 0 Å². The summed E-state index contributed by atoms with van der Waals surface area (Å²) in [7, 11) is 0. The van der Waals surface area contributed by atoms with Gasteiger partial charge in [-0.15, -0.1) is 0 Å². The SMILES string of the molecule is O=C(OS)c1ccccc1[N+](=O)[O-]. The van der Waals surface area contributed by atoms with Gasteiger partial charge in [-0.25, -0.2) is 4.79 Å². The molecule has 0 amide bonds. The van der Waals surface area contributed by atoms with Gasteiger partial charge in [0.25, 0.3) is 5.69 Å². The Bertz CT molecular complexity index is 352. The highest BCUT2D eigenvalue weighted by atomic mass is 32.1. The van der Waals surface area contributed by atoms with Gasteiger partial charge in [0, 0.05) is 19.0 Å². The molecule has 0 aliphatic carbocycles. The van der Waals surface area contributed by atoms with Crippen molar-refractivity contribution in [2.24, 2.45) is 0 Å². The molecule has 0 fully saturated rings. The summed E-state index contributed by atoms with van der Waals surface area (Å²) in [5, 5.41) is 10.4. The van der Waals surface area contributed by atoms with E-state index in [-0.39, 0.29) is 11.3 Å². The number of thiol groups is 1. The number of nitrogens with zero attached hydrogens (tertiary/aromatic N) is 1. The topological polar surface area (TPSA) is 69.4 Å². The minimum absolute atomic E-state index is 0.109. The van der Waals surface area contributed by atoms with E-state index in [9.17, 15) is 14.9 Å². The quantitative estimate of drug-likeness (QED) is 0.340. The molecule has 1 aromatic rings. The zero-order valence-electron chi connectivity index (χ0n) is 6.34. The summed E-state index contributed by atoms with van der Waals surface area (Å²) in [4.78, 5) is 20.7. The lowest BCUT2D eigenvalue weighted by molar-refractivity contribution is -0.385. The molecule has 13 heavy (non-hydrogen) atoms. The van der Waals surface area contributed by atoms with Crippen LogP contribution in [0.25, 0.3) is 0 Å². The molecule has 0 heterocycles.